The summed E-state index contributed by atoms with van der Waals surface area (Å²) in [6.45, 7) is 0.679. The van der Waals surface area contributed by atoms with Crippen molar-refractivity contribution in [3.8, 4) is 0 Å². The van der Waals surface area contributed by atoms with Gasteiger partial charge in [0.2, 0.25) is 5.78 Å². The van der Waals surface area contributed by atoms with Crippen LogP contribution in [0.4, 0.5) is 0 Å². The van der Waals surface area contributed by atoms with Crippen LogP contribution in [0.15, 0.2) is 96.7 Å². The first-order valence-electron chi connectivity index (χ1n) is 8.35. The maximum Gasteiger partial charge on any atom is 0.209 e. The number of carbonyl (C=O) groups is 1. The second kappa shape index (κ2) is 8.11. The molecule has 0 spiro atoms. The topological polar surface area (TPSA) is 20.3 Å². The van der Waals surface area contributed by atoms with Gasteiger partial charge in [0.05, 0.1) is 5.70 Å². The van der Waals surface area contributed by atoms with Gasteiger partial charge in [-0.25, -0.2) is 0 Å². The zero-order valence-electron chi connectivity index (χ0n) is 14.3. The van der Waals surface area contributed by atoms with Crippen LogP contribution in [-0.2, 0) is 6.54 Å². The van der Waals surface area contributed by atoms with Crippen molar-refractivity contribution >= 4 is 11.9 Å². The van der Waals surface area contributed by atoms with Crippen LogP contribution in [0.5, 0.6) is 0 Å². The zero-order valence-corrected chi connectivity index (χ0v) is 14.3. The Balaban J connectivity index is 1.94. The molecule has 2 nitrogen and oxygen atoms in total. The fourth-order valence-electron chi connectivity index (χ4n) is 2.74. The van der Waals surface area contributed by atoms with Crippen LogP contribution < -0.4 is 0 Å². The Morgan fingerprint density at radius 3 is 1.92 bits per heavy atom. The number of benzene rings is 3. The number of likely N-dealkylation sites (N-methyl/N-ethyl adjacent to an activating group) is 1. The summed E-state index contributed by atoms with van der Waals surface area (Å²) in [6, 6.07) is 29.6. The van der Waals surface area contributed by atoms with Crippen LogP contribution in [0.2, 0.25) is 0 Å². The Kier molecular flexibility index (Phi) is 5.43. The van der Waals surface area contributed by atoms with Crippen molar-refractivity contribution in [2.75, 3.05) is 7.05 Å². The molecule has 0 N–H and O–H groups in total. The molecular weight excluding hydrogens is 306 g/mol. The Bertz CT molecular complexity index is 839. The van der Waals surface area contributed by atoms with Crippen LogP contribution in [0.25, 0.3) is 6.08 Å². The number of hydrogen-bond donors (Lipinski definition) is 0. The van der Waals surface area contributed by atoms with Gasteiger partial charge in [-0.2, -0.15) is 0 Å². The van der Waals surface area contributed by atoms with E-state index in [2.05, 4.69) is 12.1 Å². The summed E-state index contributed by atoms with van der Waals surface area (Å²) in [7, 11) is 1.96. The number of carbonyl (C=O) groups excluding carboxylic acids is 1. The standard InChI is InChI=1S/C23H21NO/c1-24(18-20-13-7-3-8-14-20)22(17-19-11-5-2-6-12-19)23(25)21-15-9-4-10-16-21/h2-17H,18H2,1H3/b22-17-. The molecule has 3 rings (SSSR count). The van der Waals surface area contributed by atoms with Gasteiger partial charge in [0.25, 0.3) is 0 Å². The first kappa shape index (κ1) is 16.7. The van der Waals surface area contributed by atoms with E-state index in [0.29, 0.717) is 17.8 Å². The van der Waals surface area contributed by atoms with Gasteiger partial charge < -0.3 is 4.90 Å². The molecular formula is C23H21NO. The van der Waals surface area contributed by atoms with Crippen molar-refractivity contribution < 1.29 is 4.79 Å². The van der Waals surface area contributed by atoms with E-state index in [0.717, 1.165) is 5.56 Å². The minimum atomic E-state index is 0.0304. The van der Waals surface area contributed by atoms with E-state index in [1.165, 1.54) is 5.56 Å². The predicted octanol–water partition coefficient (Wildman–Crippen LogP) is 5.04. The molecule has 0 aliphatic rings. The van der Waals surface area contributed by atoms with Gasteiger partial charge in [-0.3, -0.25) is 4.79 Å². The van der Waals surface area contributed by atoms with Gasteiger partial charge in [0, 0.05) is 19.2 Å². The summed E-state index contributed by atoms with van der Waals surface area (Å²) >= 11 is 0. The molecule has 2 heteroatoms. The highest BCUT2D eigenvalue weighted by molar-refractivity contribution is 6.10. The van der Waals surface area contributed by atoms with E-state index < -0.39 is 0 Å². The quantitative estimate of drug-likeness (QED) is 0.467. The fourth-order valence-corrected chi connectivity index (χ4v) is 2.74. The zero-order chi connectivity index (χ0) is 17.5. The minimum absolute atomic E-state index is 0.0304. The summed E-state index contributed by atoms with van der Waals surface area (Å²) in [5, 5.41) is 0. The van der Waals surface area contributed by atoms with E-state index in [4.69, 9.17) is 0 Å². The summed E-state index contributed by atoms with van der Waals surface area (Å²) in [5.41, 5.74) is 3.57. The molecule has 0 heterocycles. The molecule has 0 radical (unpaired) electrons. The first-order valence-corrected chi connectivity index (χ1v) is 8.35. The van der Waals surface area contributed by atoms with Gasteiger partial charge in [-0.05, 0) is 17.2 Å². The Hall–Kier alpha value is -3.13. The summed E-state index contributed by atoms with van der Waals surface area (Å²) < 4.78 is 0. The van der Waals surface area contributed by atoms with E-state index in [1.807, 2.05) is 96.9 Å². The predicted molar refractivity (Wildman–Crippen MR) is 103 cm³/mol. The molecule has 3 aromatic rings. The number of Topliss-reactive ketones (excluding diaryl/α,β-unsaturated/α-hetero) is 1. The molecule has 0 aliphatic carbocycles. The highest BCUT2D eigenvalue weighted by atomic mass is 16.1. The van der Waals surface area contributed by atoms with Crippen molar-refractivity contribution in [1.82, 2.24) is 4.90 Å². The average Bonchev–Trinajstić information content (AvgIpc) is 2.68. The van der Waals surface area contributed by atoms with Crippen molar-refractivity contribution in [3.63, 3.8) is 0 Å². The first-order chi connectivity index (χ1) is 12.2. The maximum absolute atomic E-state index is 13.1. The highest BCUT2D eigenvalue weighted by Gasteiger charge is 2.16. The number of rotatable bonds is 6. The van der Waals surface area contributed by atoms with Crippen LogP contribution >= 0.6 is 0 Å². The molecule has 0 aromatic heterocycles. The SMILES string of the molecule is CN(Cc1ccccc1)/C(=C\c1ccccc1)C(=O)c1ccccc1. The molecule has 0 saturated carbocycles. The number of hydrogen-bond acceptors (Lipinski definition) is 2. The highest BCUT2D eigenvalue weighted by Crippen LogP contribution is 2.18. The van der Waals surface area contributed by atoms with Crippen LogP contribution in [0.1, 0.15) is 21.5 Å². The molecule has 0 unspecified atom stereocenters. The molecule has 0 fully saturated rings. The summed E-state index contributed by atoms with van der Waals surface area (Å²) in [4.78, 5) is 15.1. The molecule has 25 heavy (non-hydrogen) atoms. The van der Waals surface area contributed by atoms with E-state index in [9.17, 15) is 4.79 Å². The van der Waals surface area contributed by atoms with Gasteiger partial charge >= 0.3 is 0 Å². The van der Waals surface area contributed by atoms with Crippen molar-refractivity contribution in [2.45, 2.75) is 6.54 Å². The summed E-state index contributed by atoms with van der Waals surface area (Å²) in [5.74, 6) is 0.0304. The maximum atomic E-state index is 13.1. The Morgan fingerprint density at radius 2 is 1.32 bits per heavy atom. The lowest BCUT2D eigenvalue weighted by Crippen LogP contribution is -2.23. The lowest BCUT2D eigenvalue weighted by molar-refractivity contribution is 0.0998. The molecule has 0 bridgehead atoms. The molecule has 124 valence electrons. The van der Waals surface area contributed by atoms with Crippen LogP contribution in [0.3, 0.4) is 0 Å². The van der Waals surface area contributed by atoms with Crippen LogP contribution in [-0.4, -0.2) is 17.7 Å². The monoisotopic (exact) mass is 327 g/mol. The molecule has 0 amide bonds. The van der Waals surface area contributed by atoms with Crippen molar-refractivity contribution in [1.29, 1.82) is 0 Å². The number of ketones is 1. The minimum Gasteiger partial charge on any atom is -0.367 e. The summed E-state index contributed by atoms with van der Waals surface area (Å²) in [6.07, 6.45) is 1.96. The number of allylic oxidation sites excluding steroid dienone is 1. The lowest BCUT2D eigenvalue weighted by Gasteiger charge is -2.22. The molecule has 3 aromatic carbocycles. The normalized spacial score (nSPS) is 11.2. The van der Waals surface area contributed by atoms with Crippen LogP contribution in [0, 0.1) is 0 Å². The smallest absolute Gasteiger partial charge is 0.209 e. The third kappa shape index (κ3) is 4.45. The largest absolute Gasteiger partial charge is 0.367 e. The third-order valence-corrected chi connectivity index (χ3v) is 4.05. The second-order valence-electron chi connectivity index (χ2n) is 5.98. The second-order valence-corrected chi connectivity index (χ2v) is 5.98. The van der Waals surface area contributed by atoms with E-state index in [1.54, 1.807) is 0 Å². The van der Waals surface area contributed by atoms with Gasteiger partial charge in [0.1, 0.15) is 0 Å². The van der Waals surface area contributed by atoms with E-state index in [-0.39, 0.29) is 5.78 Å². The molecule has 0 atom stereocenters. The van der Waals surface area contributed by atoms with Gasteiger partial charge in [-0.15, -0.1) is 0 Å². The molecule has 0 aliphatic heterocycles. The average molecular weight is 327 g/mol. The van der Waals surface area contributed by atoms with Crippen molar-refractivity contribution in [2.24, 2.45) is 0 Å². The Labute approximate surface area is 149 Å². The van der Waals surface area contributed by atoms with Gasteiger partial charge in [0.15, 0.2) is 0 Å². The number of nitrogens with zero attached hydrogens (tertiary/aromatic N) is 1. The fraction of sp³-hybridized carbons (Fsp3) is 0.0870. The van der Waals surface area contributed by atoms with E-state index >= 15 is 0 Å². The Morgan fingerprint density at radius 1 is 0.800 bits per heavy atom. The molecule has 0 saturated heterocycles. The third-order valence-electron chi connectivity index (χ3n) is 4.05. The van der Waals surface area contributed by atoms with Gasteiger partial charge in [-0.1, -0.05) is 91.0 Å². The lowest BCUT2D eigenvalue weighted by atomic mass is 10.0. The van der Waals surface area contributed by atoms with Crippen molar-refractivity contribution in [3.05, 3.63) is 113 Å².